The highest BCUT2D eigenvalue weighted by Gasteiger charge is 2.45. The van der Waals surface area contributed by atoms with E-state index in [1.54, 1.807) is 23.1 Å². The molecule has 2 aromatic heterocycles. The smallest absolute Gasteiger partial charge is 0.254 e. The number of benzene rings is 1. The summed E-state index contributed by atoms with van der Waals surface area (Å²) in [5, 5.41) is 13.8. The molecule has 1 unspecified atom stereocenters. The maximum atomic E-state index is 13.6. The van der Waals surface area contributed by atoms with E-state index in [1.807, 2.05) is 36.1 Å². The van der Waals surface area contributed by atoms with Crippen LogP contribution in [0.4, 0.5) is 0 Å². The summed E-state index contributed by atoms with van der Waals surface area (Å²) in [5.74, 6) is 1.49. The molecule has 0 bridgehead atoms. The van der Waals surface area contributed by atoms with Gasteiger partial charge in [0.1, 0.15) is 6.33 Å². The van der Waals surface area contributed by atoms with E-state index in [2.05, 4.69) is 26.1 Å². The third-order valence-electron chi connectivity index (χ3n) is 6.20. The number of carbonyl (C=O) groups is 1. The lowest BCUT2D eigenvalue weighted by Gasteiger charge is -2.29. The van der Waals surface area contributed by atoms with E-state index in [0.717, 1.165) is 31.2 Å². The Morgan fingerprint density at radius 1 is 1.26 bits per heavy atom. The number of amides is 1. The van der Waals surface area contributed by atoms with Gasteiger partial charge in [0.25, 0.3) is 11.9 Å². The van der Waals surface area contributed by atoms with Crippen molar-refractivity contribution in [3.8, 4) is 12.0 Å². The number of rotatable bonds is 7. The van der Waals surface area contributed by atoms with Crippen molar-refractivity contribution in [1.82, 2.24) is 29.6 Å². The number of carbonyl (C=O) groups excluding carboxylic acids is 1. The van der Waals surface area contributed by atoms with Crippen LogP contribution >= 0.6 is 0 Å². The zero-order valence-electron chi connectivity index (χ0n) is 17.3. The fraction of sp³-hybridized carbons (Fsp3) is 0.391. The fourth-order valence-electron chi connectivity index (χ4n) is 3.93. The first kappa shape index (κ1) is 19.4. The third kappa shape index (κ3) is 3.67. The summed E-state index contributed by atoms with van der Waals surface area (Å²) in [5.41, 5.74) is 1.11. The zero-order chi connectivity index (χ0) is 21.4. The first-order valence-electron chi connectivity index (χ1n) is 10.6. The Balaban J connectivity index is 1.47. The molecule has 2 saturated carbocycles. The molecule has 0 spiro atoms. The molecular formula is C23H23N7O. The highest BCUT2D eigenvalue weighted by molar-refractivity contribution is 5.94. The maximum absolute atomic E-state index is 13.6. The maximum Gasteiger partial charge on any atom is 0.254 e. The van der Waals surface area contributed by atoms with E-state index in [4.69, 9.17) is 0 Å². The molecule has 8 nitrogen and oxygen atoms in total. The molecule has 2 fully saturated rings. The topological polar surface area (TPSA) is 101 Å². The minimum atomic E-state index is -0.423. The van der Waals surface area contributed by atoms with Crippen molar-refractivity contribution in [2.45, 2.75) is 44.1 Å². The average molecular weight is 413 g/mol. The Bertz CT molecular complexity index is 1140. The van der Waals surface area contributed by atoms with Crippen LogP contribution in [0.1, 0.15) is 60.4 Å². The molecular weight excluding hydrogens is 390 g/mol. The van der Waals surface area contributed by atoms with Crippen molar-refractivity contribution in [1.29, 1.82) is 5.26 Å². The van der Waals surface area contributed by atoms with Crippen molar-refractivity contribution in [3.05, 3.63) is 66.0 Å². The summed E-state index contributed by atoms with van der Waals surface area (Å²) < 4.78 is 1.59. The number of nitriles is 1. The summed E-state index contributed by atoms with van der Waals surface area (Å²) in [6, 6.07) is 11.4. The largest absolute Gasteiger partial charge is 0.328 e. The van der Waals surface area contributed by atoms with Gasteiger partial charge < -0.3 is 4.90 Å². The highest BCUT2D eigenvalue weighted by atomic mass is 16.2. The van der Waals surface area contributed by atoms with Gasteiger partial charge in [-0.05, 0) is 62.3 Å². The Kier molecular flexibility index (Phi) is 4.74. The lowest BCUT2D eigenvalue weighted by atomic mass is 9.95. The second-order valence-corrected chi connectivity index (χ2v) is 8.43. The molecule has 2 aliphatic carbocycles. The minimum Gasteiger partial charge on any atom is -0.328 e. The zero-order valence-corrected chi connectivity index (χ0v) is 17.3. The van der Waals surface area contributed by atoms with Gasteiger partial charge in [-0.15, -0.1) is 0 Å². The van der Waals surface area contributed by atoms with Crippen LogP contribution in [-0.2, 0) is 5.41 Å². The van der Waals surface area contributed by atoms with Crippen molar-refractivity contribution in [3.63, 3.8) is 0 Å². The first-order chi connectivity index (χ1) is 15.1. The van der Waals surface area contributed by atoms with Gasteiger partial charge in [0.15, 0.2) is 5.82 Å². The van der Waals surface area contributed by atoms with Crippen LogP contribution in [0.2, 0.25) is 0 Å². The summed E-state index contributed by atoms with van der Waals surface area (Å²) in [6.07, 6.45) is 8.73. The summed E-state index contributed by atoms with van der Waals surface area (Å²) in [6.45, 7) is 2.63. The van der Waals surface area contributed by atoms with Gasteiger partial charge in [-0.2, -0.15) is 15.0 Å². The summed E-state index contributed by atoms with van der Waals surface area (Å²) in [7, 11) is 0. The molecule has 2 aliphatic rings. The summed E-state index contributed by atoms with van der Waals surface area (Å²) >= 11 is 0. The molecule has 1 atom stereocenters. The second-order valence-electron chi connectivity index (χ2n) is 8.43. The monoisotopic (exact) mass is 413 g/mol. The number of aromatic nitrogens is 5. The molecule has 5 rings (SSSR count). The highest BCUT2D eigenvalue weighted by Crippen LogP contribution is 2.47. The van der Waals surface area contributed by atoms with Gasteiger partial charge >= 0.3 is 0 Å². The normalized spacial score (nSPS) is 17.5. The summed E-state index contributed by atoms with van der Waals surface area (Å²) in [4.78, 5) is 28.5. The van der Waals surface area contributed by atoms with Crippen LogP contribution in [0, 0.1) is 17.2 Å². The van der Waals surface area contributed by atoms with Gasteiger partial charge in [0, 0.05) is 24.5 Å². The van der Waals surface area contributed by atoms with Gasteiger partial charge in [0.2, 0.25) is 0 Å². The van der Waals surface area contributed by atoms with E-state index in [-0.39, 0.29) is 11.9 Å². The van der Waals surface area contributed by atoms with Gasteiger partial charge in [-0.25, -0.2) is 15.0 Å². The van der Waals surface area contributed by atoms with Crippen LogP contribution in [0.5, 0.6) is 0 Å². The lowest BCUT2D eigenvalue weighted by Crippen LogP contribution is -2.36. The Labute approximate surface area is 180 Å². The van der Waals surface area contributed by atoms with Gasteiger partial charge in [-0.1, -0.05) is 12.1 Å². The molecule has 0 aliphatic heterocycles. The average Bonchev–Trinajstić information content (AvgIpc) is 3.75. The molecule has 31 heavy (non-hydrogen) atoms. The van der Waals surface area contributed by atoms with Crippen LogP contribution in [0.3, 0.4) is 0 Å². The van der Waals surface area contributed by atoms with Crippen molar-refractivity contribution >= 4 is 5.91 Å². The number of hydrogen-bond acceptors (Lipinski definition) is 6. The molecule has 8 heteroatoms. The molecule has 3 aromatic rings. The van der Waals surface area contributed by atoms with Crippen LogP contribution in [0.25, 0.3) is 5.95 Å². The molecule has 156 valence electrons. The van der Waals surface area contributed by atoms with E-state index in [1.165, 1.54) is 6.33 Å². The SMILES string of the molecule is CC(c1ncnn1-c1ncccn1)N(CC1CC1)C(=O)c1cccc(C2(C#N)CC2)c1. The van der Waals surface area contributed by atoms with Crippen LogP contribution in [-0.4, -0.2) is 42.1 Å². The lowest BCUT2D eigenvalue weighted by molar-refractivity contribution is 0.0670. The fourth-order valence-corrected chi connectivity index (χ4v) is 3.93. The standard InChI is InChI=1S/C23H23N7O/c1-16(20-27-15-28-30(20)22-25-10-3-11-26-22)29(13-17-6-7-17)21(31)18-4-2-5-19(12-18)23(14-24)8-9-23/h2-5,10-12,15-17H,6-9,13H2,1H3. The van der Waals surface area contributed by atoms with E-state index < -0.39 is 5.41 Å². The Morgan fingerprint density at radius 2 is 2.03 bits per heavy atom. The van der Waals surface area contributed by atoms with Gasteiger partial charge in [0.05, 0.1) is 17.5 Å². The molecule has 0 N–H and O–H groups in total. The van der Waals surface area contributed by atoms with Crippen molar-refractivity contribution in [2.24, 2.45) is 5.92 Å². The quantitative estimate of drug-likeness (QED) is 0.589. The molecule has 1 aromatic carbocycles. The second kappa shape index (κ2) is 7.58. The van der Waals surface area contributed by atoms with E-state index in [9.17, 15) is 10.1 Å². The predicted molar refractivity (Wildman–Crippen MR) is 112 cm³/mol. The number of hydrogen-bond donors (Lipinski definition) is 0. The number of nitrogens with zero attached hydrogens (tertiary/aromatic N) is 7. The minimum absolute atomic E-state index is 0.0569. The molecule has 1 amide bonds. The van der Waals surface area contributed by atoms with Crippen LogP contribution < -0.4 is 0 Å². The van der Waals surface area contributed by atoms with E-state index in [0.29, 0.717) is 29.8 Å². The third-order valence-corrected chi connectivity index (χ3v) is 6.20. The van der Waals surface area contributed by atoms with Crippen molar-refractivity contribution < 1.29 is 4.79 Å². The molecule has 0 saturated heterocycles. The van der Waals surface area contributed by atoms with E-state index >= 15 is 0 Å². The first-order valence-corrected chi connectivity index (χ1v) is 10.6. The predicted octanol–water partition coefficient (Wildman–Crippen LogP) is 3.23. The van der Waals surface area contributed by atoms with Crippen LogP contribution in [0.15, 0.2) is 49.1 Å². The van der Waals surface area contributed by atoms with Crippen molar-refractivity contribution in [2.75, 3.05) is 6.54 Å². The Hall–Kier alpha value is -3.60. The van der Waals surface area contributed by atoms with Gasteiger partial charge in [-0.3, -0.25) is 4.79 Å². The molecule has 0 radical (unpaired) electrons. The Morgan fingerprint density at radius 3 is 2.71 bits per heavy atom. The molecule has 2 heterocycles.